The van der Waals surface area contributed by atoms with Gasteiger partial charge in [-0.05, 0) is 37.5 Å². The van der Waals surface area contributed by atoms with Crippen molar-refractivity contribution in [2.45, 2.75) is 45.2 Å². The van der Waals surface area contributed by atoms with Gasteiger partial charge in [0, 0.05) is 19.1 Å². The molecule has 1 fully saturated rings. The molecule has 0 radical (unpaired) electrons. The van der Waals surface area contributed by atoms with Gasteiger partial charge >= 0.3 is 0 Å². The van der Waals surface area contributed by atoms with Gasteiger partial charge in [0.25, 0.3) is 0 Å². The molecule has 0 heterocycles. The van der Waals surface area contributed by atoms with Crippen LogP contribution in [0.25, 0.3) is 0 Å². The van der Waals surface area contributed by atoms with E-state index >= 15 is 0 Å². The average molecular weight is 243 g/mol. The molecule has 18 heavy (non-hydrogen) atoms. The number of benzene rings is 1. The first-order valence-electron chi connectivity index (χ1n) is 6.80. The fraction of sp³-hybridized carbons (Fsp3) is 0.533. The number of hydrogen-bond acceptors (Lipinski definition) is 3. The Morgan fingerprint density at radius 3 is 2.67 bits per heavy atom. The molecule has 2 rings (SSSR count). The molecular formula is C15H21N3. The Balaban J connectivity index is 2.32. The Morgan fingerprint density at radius 1 is 1.39 bits per heavy atom. The third kappa shape index (κ3) is 2.49. The molecule has 1 saturated carbocycles. The zero-order valence-electron chi connectivity index (χ0n) is 11.0. The van der Waals surface area contributed by atoms with E-state index in [0.717, 1.165) is 23.4 Å². The maximum atomic E-state index is 9.31. The maximum absolute atomic E-state index is 9.31. The van der Waals surface area contributed by atoms with Gasteiger partial charge in [-0.15, -0.1) is 0 Å². The van der Waals surface area contributed by atoms with Crippen molar-refractivity contribution in [2.75, 3.05) is 11.4 Å². The van der Waals surface area contributed by atoms with E-state index in [1.54, 1.807) is 0 Å². The second kappa shape index (κ2) is 5.88. The normalized spacial score (nSPS) is 15.6. The first kappa shape index (κ1) is 12.9. The number of nitriles is 1. The molecular weight excluding hydrogens is 222 g/mol. The van der Waals surface area contributed by atoms with E-state index in [1.807, 2.05) is 12.1 Å². The third-order valence-corrected chi connectivity index (χ3v) is 3.83. The van der Waals surface area contributed by atoms with E-state index in [1.165, 1.54) is 25.7 Å². The van der Waals surface area contributed by atoms with E-state index in [4.69, 9.17) is 5.73 Å². The molecule has 1 aromatic carbocycles. The molecule has 1 aliphatic rings. The lowest BCUT2D eigenvalue weighted by atomic mass is 10.1. The Morgan fingerprint density at radius 2 is 2.11 bits per heavy atom. The highest BCUT2D eigenvalue weighted by Gasteiger charge is 2.23. The van der Waals surface area contributed by atoms with E-state index < -0.39 is 0 Å². The molecule has 0 saturated heterocycles. The minimum Gasteiger partial charge on any atom is -0.368 e. The lowest BCUT2D eigenvalue weighted by Gasteiger charge is -2.30. The Hall–Kier alpha value is -1.53. The number of nitrogens with zero attached hydrogens (tertiary/aromatic N) is 2. The smallest absolute Gasteiger partial charge is 0.101 e. The van der Waals surface area contributed by atoms with Crippen LogP contribution in [0.2, 0.25) is 0 Å². The van der Waals surface area contributed by atoms with Gasteiger partial charge < -0.3 is 10.6 Å². The molecule has 3 nitrogen and oxygen atoms in total. The van der Waals surface area contributed by atoms with Gasteiger partial charge in [0.2, 0.25) is 0 Å². The zero-order chi connectivity index (χ0) is 13.0. The quantitative estimate of drug-likeness (QED) is 0.884. The van der Waals surface area contributed by atoms with E-state index in [2.05, 4.69) is 24.0 Å². The molecule has 0 spiro atoms. The van der Waals surface area contributed by atoms with Crippen molar-refractivity contribution in [2.24, 2.45) is 5.73 Å². The van der Waals surface area contributed by atoms with Crippen LogP contribution in [0.5, 0.6) is 0 Å². The molecule has 1 aromatic rings. The van der Waals surface area contributed by atoms with Crippen molar-refractivity contribution in [1.82, 2.24) is 0 Å². The molecule has 0 aliphatic heterocycles. The highest BCUT2D eigenvalue weighted by Crippen LogP contribution is 2.30. The monoisotopic (exact) mass is 243 g/mol. The summed E-state index contributed by atoms with van der Waals surface area (Å²) in [6.07, 6.45) is 5.11. The summed E-state index contributed by atoms with van der Waals surface area (Å²) in [6.45, 7) is 3.61. The van der Waals surface area contributed by atoms with Crippen molar-refractivity contribution in [3.05, 3.63) is 29.3 Å². The lowest BCUT2D eigenvalue weighted by Crippen LogP contribution is -2.33. The van der Waals surface area contributed by atoms with Gasteiger partial charge in [-0.3, -0.25) is 0 Å². The predicted octanol–water partition coefficient (Wildman–Crippen LogP) is 2.79. The number of nitrogens with two attached hydrogens (primary N) is 1. The predicted molar refractivity (Wildman–Crippen MR) is 74.3 cm³/mol. The van der Waals surface area contributed by atoms with Crippen molar-refractivity contribution in [3.8, 4) is 6.07 Å². The van der Waals surface area contributed by atoms with Crippen LogP contribution in [-0.4, -0.2) is 12.6 Å². The van der Waals surface area contributed by atoms with Gasteiger partial charge in [-0.2, -0.15) is 5.26 Å². The molecule has 0 atom stereocenters. The Labute approximate surface area is 109 Å². The van der Waals surface area contributed by atoms with Gasteiger partial charge in [0.1, 0.15) is 6.07 Å². The Bertz CT molecular complexity index is 442. The first-order chi connectivity index (χ1) is 8.80. The third-order valence-electron chi connectivity index (χ3n) is 3.83. The van der Waals surface area contributed by atoms with E-state index in [-0.39, 0.29) is 0 Å². The minimum absolute atomic E-state index is 0.491. The van der Waals surface area contributed by atoms with Crippen molar-refractivity contribution in [1.29, 1.82) is 5.26 Å². The summed E-state index contributed by atoms with van der Waals surface area (Å²) < 4.78 is 0. The molecule has 3 heteroatoms. The van der Waals surface area contributed by atoms with Gasteiger partial charge in [-0.1, -0.05) is 18.9 Å². The van der Waals surface area contributed by atoms with Crippen LogP contribution in [-0.2, 0) is 6.54 Å². The number of hydrogen-bond donors (Lipinski definition) is 1. The Kier molecular flexibility index (Phi) is 4.22. The van der Waals surface area contributed by atoms with Crippen LogP contribution in [0.4, 0.5) is 5.69 Å². The molecule has 96 valence electrons. The summed E-state index contributed by atoms with van der Waals surface area (Å²) >= 11 is 0. The molecule has 0 aromatic heterocycles. The van der Waals surface area contributed by atoms with Crippen LogP contribution in [0.15, 0.2) is 18.2 Å². The topological polar surface area (TPSA) is 53.0 Å². The highest BCUT2D eigenvalue weighted by atomic mass is 15.2. The summed E-state index contributed by atoms with van der Waals surface area (Å²) in [5, 5.41) is 9.31. The van der Waals surface area contributed by atoms with Crippen molar-refractivity contribution in [3.63, 3.8) is 0 Å². The molecule has 1 aliphatic carbocycles. The summed E-state index contributed by atoms with van der Waals surface area (Å²) in [5.41, 5.74) is 8.49. The standard InChI is InChI=1S/C15H21N3/c1-2-18(14-5-3-4-6-14)15-8-7-12(10-16)9-13(15)11-17/h7-9,14H,2-6,10,16H2,1H3. The first-order valence-corrected chi connectivity index (χ1v) is 6.80. The maximum Gasteiger partial charge on any atom is 0.101 e. The number of rotatable bonds is 4. The summed E-state index contributed by atoms with van der Waals surface area (Å²) in [4.78, 5) is 2.38. The minimum atomic E-state index is 0.491. The summed E-state index contributed by atoms with van der Waals surface area (Å²) in [5.74, 6) is 0. The zero-order valence-corrected chi connectivity index (χ0v) is 11.0. The molecule has 2 N–H and O–H groups in total. The SMILES string of the molecule is CCN(c1ccc(CN)cc1C#N)C1CCCC1. The average Bonchev–Trinajstić information content (AvgIpc) is 2.94. The second-order valence-electron chi connectivity index (χ2n) is 4.89. The molecule has 0 unspecified atom stereocenters. The highest BCUT2D eigenvalue weighted by molar-refractivity contribution is 5.61. The fourth-order valence-electron chi connectivity index (χ4n) is 2.89. The van der Waals surface area contributed by atoms with Crippen molar-refractivity contribution >= 4 is 5.69 Å². The van der Waals surface area contributed by atoms with E-state index in [0.29, 0.717) is 12.6 Å². The fourth-order valence-corrected chi connectivity index (χ4v) is 2.89. The van der Waals surface area contributed by atoms with Gasteiger partial charge in [-0.25, -0.2) is 0 Å². The summed E-state index contributed by atoms with van der Waals surface area (Å²) in [7, 11) is 0. The second-order valence-corrected chi connectivity index (χ2v) is 4.89. The molecule has 0 bridgehead atoms. The van der Waals surface area contributed by atoms with E-state index in [9.17, 15) is 5.26 Å². The largest absolute Gasteiger partial charge is 0.368 e. The van der Waals surface area contributed by atoms with Crippen LogP contribution < -0.4 is 10.6 Å². The van der Waals surface area contributed by atoms with Crippen LogP contribution in [0.3, 0.4) is 0 Å². The van der Waals surface area contributed by atoms with Crippen LogP contribution >= 0.6 is 0 Å². The lowest BCUT2D eigenvalue weighted by molar-refractivity contribution is 0.619. The van der Waals surface area contributed by atoms with Crippen LogP contribution in [0, 0.1) is 11.3 Å². The van der Waals surface area contributed by atoms with Crippen LogP contribution in [0.1, 0.15) is 43.7 Å². The summed E-state index contributed by atoms with van der Waals surface area (Å²) in [6, 6.07) is 8.93. The van der Waals surface area contributed by atoms with Gasteiger partial charge in [0.05, 0.1) is 11.3 Å². The number of anilines is 1. The molecule has 0 amide bonds. The van der Waals surface area contributed by atoms with Gasteiger partial charge in [0.15, 0.2) is 0 Å². The van der Waals surface area contributed by atoms with Crippen molar-refractivity contribution < 1.29 is 0 Å².